The SMILES string of the molecule is O=S(=O)(c1ccc(F)cc1)c1nc(-c2ccco2)oc1Nc1ccc(Cl)cc1. The Kier molecular flexibility index (Phi) is 4.66. The van der Waals surface area contributed by atoms with Crippen LogP contribution in [0.15, 0.2) is 85.7 Å². The van der Waals surface area contributed by atoms with Gasteiger partial charge in [-0.15, -0.1) is 0 Å². The first kappa shape index (κ1) is 18.3. The fraction of sp³-hybridized carbons (Fsp3) is 0. The van der Waals surface area contributed by atoms with Gasteiger partial charge in [-0.05, 0) is 60.7 Å². The molecule has 0 saturated heterocycles. The lowest BCUT2D eigenvalue weighted by Crippen LogP contribution is -2.05. The third-order valence-electron chi connectivity index (χ3n) is 3.81. The van der Waals surface area contributed by atoms with Gasteiger partial charge in [0.15, 0.2) is 5.76 Å². The number of hydrogen-bond acceptors (Lipinski definition) is 6. The van der Waals surface area contributed by atoms with Crippen molar-refractivity contribution in [2.45, 2.75) is 9.92 Å². The van der Waals surface area contributed by atoms with Crippen molar-refractivity contribution >= 4 is 33.0 Å². The van der Waals surface area contributed by atoms with Crippen LogP contribution in [-0.2, 0) is 9.84 Å². The van der Waals surface area contributed by atoms with Crippen LogP contribution in [0, 0.1) is 5.82 Å². The van der Waals surface area contributed by atoms with E-state index >= 15 is 0 Å². The van der Waals surface area contributed by atoms with Gasteiger partial charge < -0.3 is 14.2 Å². The maximum absolute atomic E-state index is 13.2. The van der Waals surface area contributed by atoms with E-state index in [1.165, 1.54) is 6.26 Å². The van der Waals surface area contributed by atoms with Crippen molar-refractivity contribution in [2.24, 2.45) is 0 Å². The molecule has 142 valence electrons. The minimum absolute atomic E-state index is 0.0119. The van der Waals surface area contributed by atoms with Crippen LogP contribution in [0.4, 0.5) is 16.0 Å². The zero-order valence-corrected chi connectivity index (χ0v) is 15.7. The first-order valence-corrected chi connectivity index (χ1v) is 9.87. The van der Waals surface area contributed by atoms with Crippen LogP contribution < -0.4 is 5.32 Å². The molecular formula is C19H12ClFN2O4S. The number of halogens is 2. The van der Waals surface area contributed by atoms with Gasteiger partial charge in [-0.2, -0.15) is 4.98 Å². The van der Waals surface area contributed by atoms with Gasteiger partial charge in [0, 0.05) is 10.7 Å². The normalized spacial score (nSPS) is 11.5. The maximum Gasteiger partial charge on any atom is 0.266 e. The number of hydrogen-bond donors (Lipinski definition) is 1. The molecule has 2 aromatic heterocycles. The summed E-state index contributed by atoms with van der Waals surface area (Å²) in [4.78, 5) is 3.99. The van der Waals surface area contributed by atoms with Crippen molar-refractivity contribution in [2.75, 3.05) is 5.32 Å². The second-order valence-corrected chi connectivity index (χ2v) is 8.02. The Hall–Kier alpha value is -3.10. The highest BCUT2D eigenvalue weighted by molar-refractivity contribution is 7.91. The summed E-state index contributed by atoms with van der Waals surface area (Å²) >= 11 is 5.88. The van der Waals surface area contributed by atoms with Crippen LogP contribution in [-0.4, -0.2) is 13.4 Å². The quantitative estimate of drug-likeness (QED) is 0.442. The van der Waals surface area contributed by atoms with Crippen molar-refractivity contribution < 1.29 is 21.6 Å². The molecule has 0 spiro atoms. The van der Waals surface area contributed by atoms with Gasteiger partial charge in [-0.25, -0.2) is 12.8 Å². The van der Waals surface area contributed by atoms with E-state index < -0.39 is 15.7 Å². The number of sulfone groups is 1. The summed E-state index contributed by atoms with van der Waals surface area (Å²) in [5.41, 5.74) is 0.544. The number of nitrogens with one attached hydrogen (secondary N) is 1. The lowest BCUT2D eigenvalue weighted by Gasteiger charge is -2.06. The fourth-order valence-corrected chi connectivity index (χ4v) is 3.85. The molecule has 0 aliphatic rings. The predicted molar refractivity (Wildman–Crippen MR) is 101 cm³/mol. The maximum atomic E-state index is 13.2. The predicted octanol–water partition coefficient (Wildman–Crippen LogP) is 5.30. The molecule has 0 amide bonds. The number of rotatable bonds is 5. The molecule has 0 fully saturated rings. The topological polar surface area (TPSA) is 85.3 Å². The number of furan rings is 1. The smallest absolute Gasteiger partial charge is 0.266 e. The van der Waals surface area contributed by atoms with E-state index in [1.807, 2.05) is 0 Å². The fourth-order valence-electron chi connectivity index (χ4n) is 2.46. The van der Waals surface area contributed by atoms with Crippen LogP contribution in [0.2, 0.25) is 5.02 Å². The Bertz CT molecular complexity index is 1200. The van der Waals surface area contributed by atoms with Gasteiger partial charge in [0.05, 0.1) is 11.2 Å². The molecule has 1 N–H and O–H groups in total. The standard InChI is InChI=1S/C19H12ClFN2O4S/c20-12-3-7-14(8-4-12)22-18-19(23-17(27-18)16-2-1-11-26-16)28(24,25)15-9-5-13(21)6-10-15/h1-11,22H. The van der Waals surface area contributed by atoms with Gasteiger partial charge in [0.1, 0.15) is 5.82 Å². The molecule has 0 aliphatic carbocycles. The van der Waals surface area contributed by atoms with Crippen molar-refractivity contribution in [3.8, 4) is 11.7 Å². The number of nitrogens with zero attached hydrogens (tertiary/aromatic N) is 1. The molecule has 9 heteroatoms. The van der Waals surface area contributed by atoms with Crippen LogP contribution in [0.1, 0.15) is 0 Å². The summed E-state index contributed by atoms with van der Waals surface area (Å²) in [5.74, 6) is -0.394. The number of benzene rings is 2. The van der Waals surface area contributed by atoms with Crippen molar-refractivity contribution in [3.63, 3.8) is 0 Å². The van der Waals surface area contributed by atoms with E-state index in [-0.39, 0.29) is 27.5 Å². The molecule has 4 aromatic rings. The molecule has 2 heterocycles. The largest absolute Gasteiger partial charge is 0.459 e. The molecule has 0 unspecified atom stereocenters. The van der Waals surface area contributed by atoms with Crippen LogP contribution in [0.5, 0.6) is 0 Å². The molecule has 6 nitrogen and oxygen atoms in total. The minimum Gasteiger partial charge on any atom is -0.459 e. The summed E-state index contributed by atoms with van der Waals surface area (Å²) in [5, 5.41) is 3.07. The van der Waals surface area contributed by atoms with Crippen molar-refractivity contribution in [3.05, 3.63) is 77.8 Å². The summed E-state index contributed by atoms with van der Waals surface area (Å²) in [7, 11) is -4.09. The minimum atomic E-state index is -4.09. The molecule has 0 atom stereocenters. The van der Waals surface area contributed by atoms with Gasteiger partial charge in [-0.3, -0.25) is 0 Å². The molecule has 4 rings (SSSR count). The van der Waals surface area contributed by atoms with Crippen molar-refractivity contribution in [1.82, 2.24) is 4.98 Å². The van der Waals surface area contributed by atoms with Gasteiger partial charge in [0.25, 0.3) is 5.89 Å². The molecular weight excluding hydrogens is 407 g/mol. The van der Waals surface area contributed by atoms with Gasteiger partial charge in [-0.1, -0.05) is 11.6 Å². The highest BCUT2D eigenvalue weighted by Gasteiger charge is 2.29. The Labute approximate surface area is 164 Å². The second-order valence-electron chi connectivity index (χ2n) is 5.72. The Balaban J connectivity index is 1.82. The Morgan fingerprint density at radius 2 is 1.71 bits per heavy atom. The van der Waals surface area contributed by atoms with Crippen LogP contribution in [0.25, 0.3) is 11.7 Å². The Morgan fingerprint density at radius 3 is 2.36 bits per heavy atom. The van der Waals surface area contributed by atoms with Gasteiger partial charge in [0.2, 0.25) is 20.7 Å². The van der Waals surface area contributed by atoms with E-state index in [9.17, 15) is 12.8 Å². The van der Waals surface area contributed by atoms with E-state index in [1.54, 1.807) is 36.4 Å². The van der Waals surface area contributed by atoms with E-state index in [0.29, 0.717) is 10.7 Å². The van der Waals surface area contributed by atoms with Crippen LogP contribution in [0.3, 0.4) is 0 Å². The second kappa shape index (κ2) is 7.14. The molecule has 0 saturated carbocycles. The van der Waals surface area contributed by atoms with Crippen molar-refractivity contribution in [1.29, 1.82) is 0 Å². The zero-order chi connectivity index (χ0) is 19.7. The van der Waals surface area contributed by atoms with Gasteiger partial charge >= 0.3 is 0 Å². The van der Waals surface area contributed by atoms with Crippen LogP contribution >= 0.6 is 11.6 Å². The lowest BCUT2D eigenvalue weighted by atomic mass is 10.3. The average molecular weight is 419 g/mol. The molecule has 28 heavy (non-hydrogen) atoms. The Morgan fingerprint density at radius 1 is 1.00 bits per heavy atom. The first-order chi connectivity index (χ1) is 13.4. The van der Waals surface area contributed by atoms with E-state index in [4.69, 9.17) is 20.4 Å². The third kappa shape index (κ3) is 3.51. The zero-order valence-electron chi connectivity index (χ0n) is 14.1. The highest BCUT2D eigenvalue weighted by Crippen LogP contribution is 2.34. The molecule has 0 bridgehead atoms. The average Bonchev–Trinajstić information content (AvgIpc) is 3.34. The first-order valence-electron chi connectivity index (χ1n) is 8.01. The third-order valence-corrected chi connectivity index (χ3v) is 5.74. The molecule has 0 radical (unpaired) electrons. The number of oxazole rings is 1. The van der Waals surface area contributed by atoms with E-state index in [2.05, 4.69) is 10.3 Å². The number of aromatic nitrogens is 1. The summed E-state index contributed by atoms with van der Waals surface area (Å²) in [6.45, 7) is 0. The number of anilines is 2. The summed E-state index contributed by atoms with van der Waals surface area (Å²) in [6, 6.07) is 14.3. The monoisotopic (exact) mass is 418 g/mol. The summed E-state index contributed by atoms with van der Waals surface area (Å²) < 4.78 is 50.2. The van der Waals surface area contributed by atoms with E-state index in [0.717, 1.165) is 24.3 Å². The molecule has 2 aromatic carbocycles. The summed E-state index contributed by atoms with van der Waals surface area (Å²) in [6.07, 6.45) is 1.42. The highest BCUT2D eigenvalue weighted by atomic mass is 35.5. The lowest BCUT2D eigenvalue weighted by molar-refractivity contribution is 0.524. The molecule has 0 aliphatic heterocycles.